The number of fused-ring (bicyclic) bond motifs is 1. The van der Waals surface area contributed by atoms with E-state index in [1.165, 1.54) is 7.11 Å². The number of nitrogens with one attached hydrogen (secondary N) is 3. The number of hydrogen-bond donors (Lipinski definition) is 3. The Labute approximate surface area is 202 Å². The molecule has 2 amide bonds. The Morgan fingerprint density at radius 1 is 1.00 bits per heavy atom. The molecule has 3 aromatic rings. The number of aromatic amines is 1. The number of H-pyrrole nitrogens is 1. The Morgan fingerprint density at radius 2 is 1.74 bits per heavy atom. The predicted octanol–water partition coefficient (Wildman–Crippen LogP) is 3.42. The van der Waals surface area contributed by atoms with Gasteiger partial charge in [-0.3, -0.25) is 4.79 Å². The van der Waals surface area contributed by atoms with Crippen LogP contribution in [0.4, 0.5) is 4.79 Å². The molecule has 2 aromatic carbocycles. The summed E-state index contributed by atoms with van der Waals surface area (Å²) < 4.78 is 10.2. The van der Waals surface area contributed by atoms with E-state index < -0.39 is 30.1 Å². The van der Waals surface area contributed by atoms with Gasteiger partial charge in [-0.05, 0) is 35.6 Å². The molecular weight excluding hydrogens is 454 g/mol. The van der Waals surface area contributed by atoms with Gasteiger partial charge in [0.05, 0.1) is 7.11 Å². The van der Waals surface area contributed by atoms with Crippen molar-refractivity contribution in [2.75, 3.05) is 19.1 Å². The van der Waals surface area contributed by atoms with E-state index in [0.717, 1.165) is 22.0 Å². The summed E-state index contributed by atoms with van der Waals surface area (Å²) in [5.41, 5.74) is 2.62. The first kappa shape index (κ1) is 25.2. The van der Waals surface area contributed by atoms with Crippen molar-refractivity contribution in [3.05, 3.63) is 71.9 Å². The van der Waals surface area contributed by atoms with Gasteiger partial charge in [-0.2, -0.15) is 11.8 Å². The number of carbonyl (C=O) groups excluding carboxylic acids is 3. The van der Waals surface area contributed by atoms with Crippen molar-refractivity contribution in [2.24, 2.45) is 0 Å². The summed E-state index contributed by atoms with van der Waals surface area (Å²) in [4.78, 5) is 41.1. The molecule has 0 spiro atoms. The van der Waals surface area contributed by atoms with Crippen LogP contribution in [0.2, 0.25) is 0 Å². The molecule has 1 aromatic heterocycles. The van der Waals surface area contributed by atoms with Crippen LogP contribution in [-0.2, 0) is 32.1 Å². The molecule has 8 nitrogen and oxygen atoms in total. The van der Waals surface area contributed by atoms with Gasteiger partial charge in [0.25, 0.3) is 0 Å². The Morgan fingerprint density at radius 3 is 2.47 bits per heavy atom. The monoisotopic (exact) mass is 483 g/mol. The van der Waals surface area contributed by atoms with E-state index in [4.69, 9.17) is 9.47 Å². The van der Waals surface area contributed by atoms with E-state index in [1.807, 2.05) is 67.0 Å². The molecule has 3 rings (SSSR count). The fourth-order valence-corrected chi connectivity index (χ4v) is 4.01. The smallest absolute Gasteiger partial charge is 0.408 e. The van der Waals surface area contributed by atoms with E-state index >= 15 is 0 Å². The van der Waals surface area contributed by atoms with Gasteiger partial charge in [-0.1, -0.05) is 48.5 Å². The number of benzene rings is 2. The van der Waals surface area contributed by atoms with Crippen LogP contribution in [0.1, 0.15) is 17.5 Å². The minimum atomic E-state index is -0.955. The minimum Gasteiger partial charge on any atom is -0.467 e. The first-order chi connectivity index (χ1) is 16.5. The largest absolute Gasteiger partial charge is 0.467 e. The minimum absolute atomic E-state index is 0.0760. The van der Waals surface area contributed by atoms with Crippen molar-refractivity contribution in [3.63, 3.8) is 0 Å². The molecule has 0 unspecified atom stereocenters. The highest BCUT2D eigenvalue weighted by molar-refractivity contribution is 7.98. The van der Waals surface area contributed by atoms with E-state index in [1.54, 1.807) is 11.8 Å². The molecule has 0 fully saturated rings. The van der Waals surface area contributed by atoms with Crippen LogP contribution in [0, 0.1) is 0 Å². The molecule has 0 radical (unpaired) electrons. The maximum atomic E-state index is 13.2. The maximum absolute atomic E-state index is 13.2. The molecule has 0 aliphatic heterocycles. The standard InChI is InChI=1S/C25H29N3O5S/c1-32-24(30)21(12-13-34-2)27-23(29)22(14-18-15-26-20-11-7-6-10-19(18)20)28-25(31)33-16-17-8-4-3-5-9-17/h3-11,15,21-22,26H,12-14,16H2,1-2H3,(H,27,29)(H,28,31)/t21-,22-/m0/s1. The van der Waals surface area contributed by atoms with Crippen molar-refractivity contribution in [2.45, 2.75) is 31.5 Å². The van der Waals surface area contributed by atoms with Gasteiger partial charge in [-0.15, -0.1) is 0 Å². The van der Waals surface area contributed by atoms with E-state index in [9.17, 15) is 14.4 Å². The summed E-state index contributed by atoms with van der Waals surface area (Å²) in [5.74, 6) is -0.349. The van der Waals surface area contributed by atoms with Crippen LogP contribution in [0.15, 0.2) is 60.8 Å². The molecular formula is C25H29N3O5S. The second kappa shape index (κ2) is 12.7. The summed E-state index contributed by atoms with van der Waals surface area (Å²) in [7, 11) is 1.28. The second-order valence-corrected chi connectivity index (χ2v) is 8.67. The molecule has 0 saturated heterocycles. The lowest BCUT2D eigenvalue weighted by molar-refractivity contribution is -0.145. The molecule has 0 aliphatic carbocycles. The summed E-state index contributed by atoms with van der Waals surface area (Å²) in [6.45, 7) is 0.0760. The van der Waals surface area contributed by atoms with Crippen LogP contribution in [0.25, 0.3) is 10.9 Å². The third-order valence-corrected chi connectivity index (χ3v) is 5.98. The third-order valence-electron chi connectivity index (χ3n) is 5.33. The van der Waals surface area contributed by atoms with Crippen LogP contribution in [0.5, 0.6) is 0 Å². The van der Waals surface area contributed by atoms with Crippen molar-refractivity contribution in [3.8, 4) is 0 Å². The summed E-state index contributed by atoms with van der Waals surface area (Å²) in [5, 5.41) is 6.35. The number of para-hydroxylation sites is 1. The molecule has 0 aliphatic rings. The Balaban J connectivity index is 1.75. The molecule has 0 saturated carbocycles. The fourth-order valence-electron chi connectivity index (χ4n) is 3.54. The zero-order valence-corrected chi connectivity index (χ0v) is 20.0. The lowest BCUT2D eigenvalue weighted by Gasteiger charge is -2.22. The SMILES string of the molecule is COC(=O)[C@H](CCSC)NC(=O)[C@H](Cc1c[nH]c2ccccc12)NC(=O)OCc1ccccc1. The van der Waals surface area contributed by atoms with Crippen LogP contribution in [0.3, 0.4) is 0 Å². The molecule has 34 heavy (non-hydrogen) atoms. The fraction of sp³-hybridized carbons (Fsp3) is 0.320. The van der Waals surface area contributed by atoms with E-state index in [-0.39, 0.29) is 13.0 Å². The number of alkyl carbamates (subject to hydrolysis) is 1. The normalized spacial score (nSPS) is 12.5. The van der Waals surface area contributed by atoms with Gasteiger partial charge >= 0.3 is 12.1 Å². The maximum Gasteiger partial charge on any atom is 0.408 e. The summed E-state index contributed by atoms with van der Waals surface area (Å²) >= 11 is 1.56. The molecule has 9 heteroatoms. The van der Waals surface area contributed by atoms with Crippen molar-refractivity contribution < 1.29 is 23.9 Å². The van der Waals surface area contributed by atoms with Gasteiger partial charge in [0.2, 0.25) is 5.91 Å². The number of ether oxygens (including phenoxy) is 2. The first-order valence-corrected chi connectivity index (χ1v) is 12.3. The molecule has 180 valence electrons. The van der Waals surface area contributed by atoms with Crippen LogP contribution in [-0.4, -0.2) is 54.2 Å². The van der Waals surface area contributed by atoms with Gasteiger partial charge < -0.3 is 25.1 Å². The predicted molar refractivity (Wildman–Crippen MR) is 132 cm³/mol. The number of aromatic nitrogens is 1. The quantitative estimate of drug-likeness (QED) is 0.361. The zero-order chi connectivity index (χ0) is 24.3. The average molecular weight is 484 g/mol. The number of thioether (sulfide) groups is 1. The number of carbonyl (C=O) groups is 3. The number of rotatable bonds is 11. The topological polar surface area (TPSA) is 110 Å². The molecule has 3 N–H and O–H groups in total. The molecule has 1 heterocycles. The van der Waals surface area contributed by atoms with E-state index in [0.29, 0.717) is 12.2 Å². The van der Waals surface area contributed by atoms with Crippen LogP contribution >= 0.6 is 11.8 Å². The Bertz CT molecular complexity index is 1100. The van der Waals surface area contributed by atoms with Crippen LogP contribution < -0.4 is 10.6 Å². The van der Waals surface area contributed by atoms with Crippen molar-refractivity contribution >= 4 is 40.6 Å². The molecule has 2 atom stereocenters. The van der Waals surface area contributed by atoms with Crippen molar-refractivity contribution in [1.29, 1.82) is 0 Å². The van der Waals surface area contributed by atoms with Gasteiger partial charge in [0.15, 0.2) is 0 Å². The Kier molecular flexibility index (Phi) is 9.40. The number of methoxy groups -OCH3 is 1. The Hall–Kier alpha value is -3.46. The summed E-state index contributed by atoms with van der Waals surface area (Å²) in [6, 6.07) is 15.2. The van der Waals surface area contributed by atoms with Gasteiger partial charge in [0.1, 0.15) is 18.7 Å². The summed E-state index contributed by atoms with van der Waals surface area (Å²) in [6.07, 6.45) is 3.64. The average Bonchev–Trinajstić information content (AvgIpc) is 3.27. The highest BCUT2D eigenvalue weighted by atomic mass is 32.2. The number of amides is 2. The number of esters is 1. The highest BCUT2D eigenvalue weighted by Gasteiger charge is 2.28. The van der Waals surface area contributed by atoms with Gasteiger partial charge in [0, 0.05) is 23.5 Å². The lowest BCUT2D eigenvalue weighted by Crippen LogP contribution is -2.52. The number of hydrogen-bond acceptors (Lipinski definition) is 6. The first-order valence-electron chi connectivity index (χ1n) is 10.9. The van der Waals surface area contributed by atoms with E-state index in [2.05, 4.69) is 15.6 Å². The molecule has 0 bridgehead atoms. The van der Waals surface area contributed by atoms with Gasteiger partial charge in [-0.25, -0.2) is 9.59 Å². The highest BCUT2D eigenvalue weighted by Crippen LogP contribution is 2.19. The third kappa shape index (κ3) is 7.02. The zero-order valence-electron chi connectivity index (χ0n) is 19.2. The second-order valence-electron chi connectivity index (χ2n) is 7.69. The lowest BCUT2D eigenvalue weighted by atomic mass is 10.0. The van der Waals surface area contributed by atoms with Crippen molar-refractivity contribution in [1.82, 2.24) is 15.6 Å².